The first-order valence-corrected chi connectivity index (χ1v) is 7.71. The molecule has 0 bridgehead atoms. The summed E-state index contributed by atoms with van der Waals surface area (Å²) < 4.78 is 5.82. The van der Waals surface area contributed by atoms with Crippen LogP contribution >= 0.6 is 0 Å². The molecule has 1 N–H and O–H groups in total. The number of rotatable bonds is 8. The minimum absolute atomic E-state index is 0.377. The fourth-order valence-corrected chi connectivity index (χ4v) is 2.40. The van der Waals surface area contributed by atoms with Gasteiger partial charge in [0.25, 0.3) is 0 Å². The van der Waals surface area contributed by atoms with E-state index >= 15 is 0 Å². The summed E-state index contributed by atoms with van der Waals surface area (Å²) in [6, 6.07) is 18.0. The van der Waals surface area contributed by atoms with E-state index in [1.807, 2.05) is 66.5 Å². The number of nitrogens with zero attached hydrogens (tertiary/aromatic N) is 1. The van der Waals surface area contributed by atoms with Crippen LogP contribution in [0, 0.1) is 5.92 Å². The van der Waals surface area contributed by atoms with Crippen molar-refractivity contribution < 1.29 is 14.6 Å². The Balaban J connectivity index is 1.90. The molecule has 1 atom stereocenters. The van der Waals surface area contributed by atoms with E-state index in [9.17, 15) is 4.79 Å². The first-order chi connectivity index (χ1) is 11.0. The predicted molar refractivity (Wildman–Crippen MR) is 90.3 cm³/mol. The molecule has 1 unspecified atom stereocenters. The summed E-state index contributed by atoms with van der Waals surface area (Å²) in [5, 5.41) is 8.97. The number of carboxylic acid groups (broad SMARTS) is 1. The van der Waals surface area contributed by atoms with Gasteiger partial charge in [-0.25, -0.2) is 0 Å². The van der Waals surface area contributed by atoms with E-state index in [-0.39, 0.29) is 5.92 Å². The monoisotopic (exact) mass is 313 g/mol. The molecule has 0 amide bonds. The van der Waals surface area contributed by atoms with Crippen molar-refractivity contribution in [3.05, 3.63) is 65.7 Å². The van der Waals surface area contributed by atoms with E-state index in [1.54, 1.807) is 6.92 Å². The van der Waals surface area contributed by atoms with Gasteiger partial charge in [0.15, 0.2) is 0 Å². The van der Waals surface area contributed by atoms with Crippen LogP contribution in [0.4, 0.5) is 0 Å². The molecular weight excluding hydrogens is 290 g/mol. The van der Waals surface area contributed by atoms with Crippen molar-refractivity contribution in [1.29, 1.82) is 0 Å². The zero-order chi connectivity index (χ0) is 16.7. The largest absolute Gasteiger partial charge is 0.489 e. The molecule has 0 heterocycles. The zero-order valence-corrected chi connectivity index (χ0v) is 13.6. The fourth-order valence-electron chi connectivity index (χ4n) is 2.40. The van der Waals surface area contributed by atoms with E-state index in [4.69, 9.17) is 9.84 Å². The third kappa shape index (κ3) is 5.75. The highest BCUT2D eigenvalue weighted by Gasteiger charge is 2.13. The smallest absolute Gasteiger partial charge is 0.307 e. The Bertz CT molecular complexity index is 628. The number of carbonyl (C=O) groups is 1. The number of carboxylic acids is 1. The van der Waals surface area contributed by atoms with Crippen LogP contribution in [-0.4, -0.2) is 29.6 Å². The maximum Gasteiger partial charge on any atom is 0.307 e. The molecule has 0 radical (unpaired) electrons. The van der Waals surface area contributed by atoms with Gasteiger partial charge in [-0.15, -0.1) is 0 Å². The van der Waals surface area contributed by atoms with Crippen LogP contribution in [0.15, 0.2) is 54.6 Å². The molecule has 0 aromatic heterocycles. The minimum atomic E-state index is -0.767. The topological polar surface area (TPSA) is 49.8 Å². The van der Waals surface area contributed by atoms with Crippen molar-refractivity contribution in [3.8, 4) is 5.75 Å². The molecule has 0 saturated heterocycles. The molecule has 4 heteroatoms. The maximum atomic E-state index is 10.9. The molecule has 0 aliphatic carbocycles. The lowest BCUT2D eigenvalue weighted by Crippen LogP contribution is -2.28. The highest BCUT2D eigenvalue weighted by atomic mass is 16.5. The average Bonchev–Trinajstić information content (AvgIpc) is 2.54. The van der Waals surface area contributed by atoms with Crippen molar-refractivity contribution >= 4 is 5.97 Å². The SMILES string of the molecule is CC(CN(C)Cc1cccc(OCc2ccccc2)c1)C(=O)O. The Labute approximate surface area is 137 Å². The molecule has 2 aromatic carbocycles. The van der Waals surface area contributed by atoms with E-state index in [0.29, 0.717) is 19.7 Å². The maximum absolute atomic E-state index is 10.9. The lowest BCUT2D eigenvalue weighted by atomic mass is 10.1. The molecule has 2 rings (SSSR count). The summed E-state index contributed by atoms with van der Waals surface area (Å²) in [6.45, 7) is 3.47. The van der Waals surface area contributed by atoms with Crippen molar-refractivity contribution in [2.45, 2.75) is 20.1 Å². The second-order valence-corrected chi connectivity index (χ2v) is 5.86. The van der Waals surface area contributed by atoms with Gasteiger partial charge in [0.05, 0.1) is 5.92 Å². The Morgan fingerprint density at radius 3 is 2.52 bits per heavy atom. The molecule has 0 aliphatic heterocycles. The Morgan fingerprint density at radius 1 is 1.13 bits per heavy atom. The van der Waals surface area contributed by atoms with Gasteiger partial charge < -0.3 is 14.7 Å². The second-order valence-electron chi connectivity index (χ2n) is 5.86. The van der Waals surface area contributed by atoms with Crippen LogP contribution in [-0.2, 0) is 17.9 Å². The highest BCUT2D eigenvalue weighted by molar-refractivity contribution is 5.69. The van der Waals surface area contributed by atoms with Crippen LogP contribution in [0.1, 0.15) is 18.1 Å². The molecular formula is C19H23NO3. The van der Waals surface area contributed by atoms with Crippen LogP contribution in [0.25, 0.3) is 0 Å². The van der Waals surface area contributed by atoms with Gasteiger partial charge >= 0.3 is 5.97 Å². The normalized spacial score (nSPS) is 12.1. The fraction of sp³-hybridized carbons (Fsp3) is 0.316. The van der Waals surface area contributed by atoms with E-state index in [2.05, 4.69) is 0 Å². The summed E-state index contributed by atoms with van der Waals surface area (Å²) in [7, 11) is 1.93. The lowest BCUT2D eigenvalue weighted by Gasteiger charge is -2.19. The molecule has 4 nitrogen and oxygen atoms in total. The number of benzene rings is 2. The molecule has 0 spiro atoms. The molecule has 2 aromatic rings. The van der Waals surface area contributed by atoms with Crippen LogP contribution in [0.5, 0.6) is 5.75 Å². The minimum Gasteiger partial charge on any atom is -0.489 e. The van der Waals surface area contributed by atoms with Gasteiger partial charge in [-0.05, 0) is 30.3 Å². The van der Waals surface area contributed by atoms with E-state index in [1.165, 1.54) is 0 Å². The van der Waals surface area contributed by atoms with Gasteiger partial charge in [0.1, 0.15) is 12.4 Å². The summed E-state index contributed by atoms with van der Waals surface area (Å²) in [6.07, 6.45) is 0. The first kappa shape index (κ1) is 17.0. The van der Waals surface area contributed by atoms with E-state index in [0.717, 1.165) is 16.9 Å². The second kappa shape index (κ2) is 8.34. The number of hydrogen-bond donors (Lipinski definition) is 1. The van der Waals surface area contributed by atoms with Crippen molar-refractivity contribution in [2.24, 2.45) is 5.92 Å². The third-order valence-electron chi connectivity index (χ3n) is 3.61. The number of hydrogen-bond acceptors (Lipinski definition) is 3. The zero-order valence-electron chi connectivity index (χ0n) is 13.6. The standard InChI is InChI=1S/C19H23NO3/c1-15(19(21)22)12-20(2)13-17-9-6-10-18(11-17)23-14-16-7-4-3-5-8-16/h3-11,15H,12-14H2,1-2H3,(H,21,22). The summed E-state index contributed by atoms with van der Waals surface area (Å²) in [4.78, 5) is 12.9. The van der Waals surface area contributed by atoms with Crippen molar-refractivity contribution in [3.63, 3.8) is 0 Å². The Morgan fingerprint density at radius 2 is 1.83 bits per heavy atom. The third-order valence-corrected chi connectivity index (χ3v) is 3.61. The van der Waals surface area contributed by atoms with Crippen LogP contribution in [0.2, 0.25) is 0 Å². The van der Waals surface area contributed by atoms with Gasteiger partial charge in [-0.3, -0.25) is 4.79 Å². The summed E-state index contributed by atoms with van der Waals surface area (Å²) in [5.41, 5.74) is 2.24. The summed E-state index contributed by atoms with van der Waals surface area (Å²) in [5.74, 6) is -0.319. The molecule has 0 aliphatic rings. The highest BCUT2D eigenvalue weighted by Crippen LogP contribution is 2.16. The molecule has 0 fully saturated rings. The first-order valence-electron chi connectivity index (χ1n) is 7.71. The summed E-state index contributed by atoms with van der Waals surface area (Å²) >= 11 is 0. The van der Waals surface area contributed by atoms with Gasteiger partial charge in [-0.2, -0.15) is 0 Å². The quantitative estimate of drug-likeness (QED) is 0.811. The Kier molecular flexibility index (Phi) is 6.18. The lowest BCUT2D eigenvalue weighted by molar-refractivity contribution is -0.141. The number of aliphatic carboxylic acids is 1. The van der Waals surface area contributed by atoms with Gasteiger partial charge in [-0.1, -0.05) is 49.4 Å². The number of ether oxygens (including phenoxy) is 1. The Hall–Kier alpha value is -2.33. The van der Waals surface area contributed by atoms with Crippen LogP contribution in [0.3, 0.4) is 0 Å². The molecule has 0 saturated carbocycles. The van der Waals surface area contributed by atoms with Crippen LogP contribution < -0.4 is 4.74 Å². The molecule has 23 heavy (non-hydrogen) atoms. The van der Waals surface area contributed by atoms with Gasteiger partial charge in [0, 0.05) is 13.1 Å². The molecule has 122 valence electrons. The predicted octanol–water partition coefficient (Wildman–Crippen LogP) is 3.42. The van der Waals surface area contributed by atoms with Crippen molar-refractivity contribution in [2.75, 3.05) is 13.6 Å². The van der Waals surface area contributed by atoms with Crippen molar-refractivity contribution in [1.82, 2.24) is 4.90 Å². The average molecular weight is 313 g/mol. The van der Waals surface area contributed by atoms with Gasteiger partial charge in [0.2, 0.25) is 0 Å². The van der Waals surface area contributed by atoms with E-state index < -0.39 is 5.97 Å².